The maximum absolute atomic E-state index is 14.1. The molecule has 0 radical (unpaired) electrons. The first-order chi connectivity index (χ1) is 19.1. The average Bonchev–Trinajstić information content (AvgIpc) is 3.33. The van der Waals surface area contributed by atoms with E-state index in [9.17, 15) is 34.8 Å². The molecule has 5 rings (SSSR count). The van der Waals surface area contributed by atoms with Crippen molar-refractivity contribution >= 4 is 23.2 Å². The van der Waals surface area contributed by atoms with Crippen molar-refractivity contribution in [1.29, 1.82) is 0 Å². The Morgan fingerprint density at radius 2 is 1.85 bits per heavy atom. The summed E-state index contributed by atoms with van der Waals surface area (Å²) < 4.78 is 6.08. The van der Waals surface area contributed by atoms with Crippen LogP contribution in [-0.4, -0.2) is 74.6 Å². The number of amides is 1. The number of nitrogens with one attached hydrogen (secondary N) is 1. The molecule has 218 valence electrons. The largest absolute Gasteiger partial charge is 0.508 e. The molecule has 1 aromatic heterocycles. The zero-order chi connectivity index (χ0) is 30.2. The number of carbonyl (C=O) groups is 3. The number of hydrogen-bond acceptors (Lipinski definition) is 10. The Labute approximate surface area is 236 Å². The van der Waals surface area contributed by atoms with E-state index in [0.717, 1.165) is 0 Å². The third kappa shape index (κ3) is 4.10. The molecular weight excluding hydrogens is 530 g/mol. The minimum absolute atomic E-state index is 0.0123. The highest BCUT2D eigenvalue weighted by atomic mass is 16.4. The van der Waals surface area contributed by atoms with Gasteiger partial charge in [0.1, 0.15) is 34.4 Å². The van der Waals surface area contributed by atoms with E-state index in [2.05, 4.69) is 5.32 Å². The van der Waals surface area contributed by atoms with Crippen LogP contribution in [0.2, 0.25) is 0 Å². The van der Waals surface area contributed by atoms with Gasteiger partial charge >= 0.3 is 0 Å². The minimum atomic E-state index is -2.69. The molecule has 3 aliphatic rings. The maximum atomic E-state index is 14.1. The number of hydrogen-bond donors (Lipinski definition) is 6. The normalized spacial score (nSPS) is 27.8. The summed E-state index contributed by atoms with van der Waals surface area (Å²) in [6.07, 6.45) is 0.126. The Morgan fingerprint density at radius 3 is 2.46 bits per heavy atom. The van der Waals surface area contributed by atoms with Gasteiger partial charge in [-0.05, 0) is 56.8 Å². The molecular formula is C30H35N3O8. The van der Waals surface area contributed by atoms with E-state index in [1.54, 1.807) is 33.2 Å². The summed E-state index contributed by atoms with van der Waals surface area (Å²) in [5, 5.41) is 48.5. The number of nitrogens with two attached hydrogens (primary N) is 1. The van der Waals surface area contributed by atoms with E-state index in [1.807, 2.05) is 19.9 Å². The Balaban J connectivity index is 1.70. The van der Waals surface area contributed by atoms with Gasteiger partial charge in [-0.15, -0.1) is 0 Å². The van der Waals surface area contributed by atoms with Gasteiger partial charge in [0.2, 0.25) is 5.78 Å². The molecule has 0 spiro atoms. The number of rotatable bonds is 6. The number of aliphatic hydroxyl groups excluding tert-OH is 2. The fourth-order valence-electron chi connectivity index (χ4n) is 6.77. The van der Waals surface area contributed by atoms with Crippen LogP contribution in [0.25, 0.3) is 17.1 Å². The van der Waals surface area contributed by atoms with Crippen molar-refractivity contribution in [2.45, 2.75) is 57.8 Å². The number of phenols is 1. The highest BCUT2D eigenvalue weighted by molar-refractivity contribution is 6.24. The number of aromatic hydroxyl groups is 1. The summed E-state index contributed by atoms with van der Waals surface area (Å²) >= 11 is 0. The van der Waals surface area contributed by atoms with E-state index in [-0.39, 0.29) is 35.8 Å². The molecule has 3 aliphatic carbocycles. The average molecular weight is 566 g/mol. The number of primary amides is 1. The number of likely N-dealkylation sites (N-methyl/N-ethyl adjacent to an activating group) is 1. The van der Waals surface area contributed by atoms with Crippen molar-refractivity contribution in [3.05, 3.63) is 58.1 Å². The number of Topliss-reactive ketones (excluding diaryl/α,β-unsaturated/α-hetero) is 2. The van der Waals surface area contributed by atoms with Crippen molar-refractivity contribution in [2.24, 2.45) is 17.1 Å². The smallest absolute Gasteiger partial charge is 0.255 e. The van der Waals surface area contributed by atoms with Crippen molar-refractivity contribution in [2.75, 3.05) is 14.1 Å². The van der Waals surface area contributed by atoms with Crippen LogP contribution >= 0.6 is 0 Å². The van der Waals surface area contributed by atoms with E-state index in [0.29, 0.717) is 29.2 Å². The number of carbonyl (C=O) groups excluding carboxylic acids is 3. The number of phenolic OH excluding ortho intramolecular Hbond substituents is 1. The van der Waals surface area contributed by atoms with E-state index in [1.165, 1.54) is 11.0 Å². The Morgan fingerprint density at radius 1 is 1.17 bits per heavy atom. The highest BCUT2D eigenvalue weighted by Gasteiger charge is 2.66. The summed E-state index contributed by atoms with van der Waals surface area (Å²) in [6.45, 7) is 6.27. The fraction of sp³-hybridized carbons (Fsp3) is 0.433. The quantitative estimate of drug-likeness (QED) is 0.283. The van der Waals surface area contributed by atoms with Crippen LogP contribution in [-0.2, 0) is 27.3 Å². The zero-order valence-electron chi connectivity index (χ0n) is 23.6. The van der Waals surface area contributed by atoms with Gasteiger partial charge in [0, 0.05) is 28.5 Å². The molecule has 1 fully saturated rings. The standard InChI is InChI=1S/C30H35N3O8/c1-13(2)32-12-14-6-9-19(41-14)15-7-8-18(34)20-16(15)10-29(3)11-17-23(33(4)5)25(36)21(28(31)39)26(37)30(17,40)27(38)22(29)24(20)35/h6-9,13,17,23,32,34-35,37,40H,10-12H2,1-5H3,(H2,31,39)/t17-,23+,29-,30+/m0/s1. The summed E-state index contributed by atoms with van der Waals surface area (Å²) in [7, 11) is 3.13. The summed E-state index contributed by atoms with van der Waals surface area (Å²) in [6, 6.07) is 5.78. The first-order valence-electron chi connectivity index (χ1n) is 13.5. The van der Waals surface area contributed by atoms with E-state index < -0.39 is 57.5 Å². The molecule has 0 unspecified atom stereocenters. The number of benzene rings is 1. The Hall–Kier alpha value is -3.93. The molecule has 0 saturated heterocycles. The molecule has 11 nitrogen and oxygen atoms in total. The van der Waals surface area contributed by atoms with Crippen LogP contribution in [0.5, 0.6) is 5.75 Å². The van der Waals surface area contributed by atoms with Gasteiger partial charge < -0.3 is 35.9 Å². The van der Waals surface area contributed by atoms with Crippen molar-refractivity contribution in [1.82, 2.24) is 10.2 Å². The molecule has 11 heteroatoms. The first-order valence-corrected chi connectivity index (χ1v) is 13.5. The lowest BCUT2D eigenvalue weighted by Crippen LogP contribution is -2.67. The van der Waals surface area contributed by atoms with Gasteiger partial charge in [-0.25, -0.2) is 0 Å². The maximum Gasteiger partial charge on any atom is 0.255 e. The summed E-state index contributed by atoms with van der Waals surface area (Å²) in [5.41, 5.74) is 1.67. The Kier molecular flexibility index (Phi) is 6.68. The van der Waals surface area contributed by atoms with Gasteiger partial charge in [-0.2, -0.15) is 0 Å². The van der Waals surface area contributed by atoms with Crippen LogP contribution in [0.1, 0.15) is 44.1 Å². The van der Waals surface area contributed by atoms with E-state index >= 15 is 0 Å². The number of aliphatic hydroxyl groups is 3. The van der Waals surface area contributed by atoms with Crippen molar-refractivity contribution < 1.29 is 39.2 Å². The topological polar surface area (TPSA) is 187 Å². The first kappa shape index (κ1) is 28.6. The number of fused-ring (bicyclic) bond motifs is 3. The lowest BCUT2D eigenvalue weighted by atomic mass is 9.52. The molecule has 7 N–H and O–H groups in total. The monoisotopic (exact) mass is 565 g/mol. The highest BCUT2D eigenvalue weighted by Crippen LogP contribution is 2.58. The number of nitrogens with zero attached hydrogens (tertiary/aromatic N) is 1. The molecule has 1 saturated carbocycles. The lowest BCUT2D eigenvalue weighted by Gasteiger charge is -2.53. The van der Waals surface area contributed by atoms with Gasteiger partial charge in [-0.1, -0.05) is 20.8 Å². The van der Waals surface area contributed by atoms with Gasteiger partial charge in [0.05, 0.1) is 18.2 Å². The molecule has 2 aromatic rings. The molecule has 1 amide bonds. The van der Waals surface area contributed by atoms with Crippen LogP contribution in [0, 0.1) is 11.3 Å². The molecule has 1 heterocycles. The fourth-order valence-corrected chi connectivity index (χ4v) is 6.77. The van der Waals surface area contributed by atoms with E-state index in [4.69, 9.17) is 10.2 Å². The second-order valence-electron chi connectivity index (χ2n) is 12.0. The molecule has 1 aromatic carbocycles. The zero-order valence-corrected chi connectivity index (χ0v) is 23.6. The molecule has 0 aliphatic heterocycles. The second kappa shape index (κ2) is 9.57. The van der Waals surface area contributed by atoms with Crippen molar-refractivity contribution in [3.8, 4) is 17.1 Å². The third-order valence-corrected chi connectivity index (χ3v) is 8.62. The number of ketones is 2. The van der Waals surface area contributed by atoms with Crippen molar-refractivity contribution in [3.63, 3.8) is 0 Å². The van der Waals surface area contributed by atoms with Gasteiger partial charge in [0.15, 0.2) is 11.4 Å². The van der Waals surface area contributed by atoms with Crippen LogP contribution in [0.3, 0.4) is 0 Å². The summed E-state index contributed by atoms with van der Waals surface area (Å²) in [5.74, 6) is -5.05. The van der Waals surface area contributed by atoms with Gasteiger partial charge in [-0.3, -0.25) is 19.3 Å². The van der Waals surface area contributed by atoms with Crippen LogP contribution in [0.15, 0.2) is 45.6 Å². The third-order valence-electron chi connectivity index (χ3n) is 8.62. The second-order valence-corrected chi connectivity index (χ2v) is 12.0. The predicted molar refractivity (Wildman–Crippen MR) is 149 cm³/mol. The lowest BCUT2D eigenvalue weighted by molar-refractivity contribution is -0.156. The molecule has 4 atom stereocenters. The molecule has 41 heavy (non-hydrogen) atoms. The van der Waals surface area contributed by atoms with Crippen LogP contribution < -0.4 is 11.1 Å². The SMILES string of the molecule is CC(C)NCc1ccc(-c2ccc(O)c3c2C[C@@]2(C)C[C@H]4[C@@H](N(C)C)C(=O)C(C(N)=O)=C(O)[C@@]4(O)C(=O)C2=C3O)o1. The molecule has 0 bridgehead atoms. The summed E-state index contributed by atoms with van der Waals surface area (Å²) in [4.78, 5) is 41.1. The Bertz CT molecular complexity index is 1550. The predicted octanol–water partition coefficient (Wildman–Crippen LogP) is 2.11. The minimum Gasteiger partial charge on any atom is -0.508 e. The number of furan rings is 1. The van der Waals surface area contributed by atoms with Gasteiger partial charge in [0.25, 0.3) is 5.91 Å². The van der Waals surface area contributed by atoms with Crippen LogP contribution in [0.4, 0.5) is 0 Å².